The molecule has 1 fully saturated rings. The van der Waals surface area contributed by atoms with Gasteiger partial charge in [0.15, 0.2) is 5.78 Å². The normalized spacial score (nSPS) is 26.6. The van der Waals surface area contributed by atoms with Gasteiger partial charge in [-0.25, -0.2) is 0 Å². The first-order valence-electron chi connectivity index (χ1n) is 10.2. The summed E-state index contributed by atoms with van der Waals surface area (Å²) in [6.45, 7) is 8.74. The van der Waals surface area contributed by atoms with E-state index in [0.29, 0.717) is 11.3 Å². The third kappa shape index (κ3) is 3.51. The Labute approximate surface area is 175 Å². The Hall–Kier alpha value is -2.67. The summed E-state index contributed by atoms with van der Waals surface area (Å²) < 4.78 is 16.2. The van der Waals surface area contributed by atoms with Crippen LogP contribution < -0.4 is 0 Å². The predicted molar refractivity (Wildman–Crippen MR) is 108 cm³/mol. The summed E-state index contributed by atoms with van der Waals surface area (Å²) in [5.74, 6) is -4.68. The molecule has 0 aromatic carbocycles. The molecule has 162 valence electrons. The van der Waals surface area contributed by atoms with Crippen molar-refractivity contribution >= 4 is 17.7 Å². The van der Waals surface area contributed by atoms with Gasteiger partial charge in [0.1, 0.15) is 11.7 Å². The zero-order chi connectivity index (χ0) is 22.2. The topological polar surface area (TPSA) is 103 Å². The number of ketones is 1. The monoisotopic (exact) mass is 416 g/mol. The molecule has 1 heterocycles. The Kier molecular flexibility index (Phi) is 6.04. The van der Waals surface area contributed by atoms with Gasteiger partial charge in [-0.05, 0) is 57.9 Å². The van der Waals surface area contributed by atoms with E-state index in [2.05, 4.69) is 0 Å². The molecule has 0 spiro atoms. The van der Waals surface area contributed by atoms with Gasteiger partial charge in [0.05, 0.1) is 31.0 Å². The maximum absolute atomic E-state index is 13.0. The third-order valence-electron chi connectivity index (χ3n) is 6.07. The van der Waals surface area contributed by atoms with Gasteiger partial charge in [0.25, 0.3) is 0 Å². The Balaban J connectivity index is 2.29. The highest BCUT2D eigenvalue weighted by Crippen LogP contribution is 2.52. The van der Waals surface area contributed by atoms with Gasteiger partial charge in [0.2, 0.25) is 0 Å². The van der Waals surface area contributed by atoms with E-state index >= 15 is 0 Å². The molecule has 0 saturated heterocycles. The summed E-state index contributed by atoms with van der Waals surface area (Å²) >= 11 is 0. The van der Waals surface area contributed by atoms with E-state index < -0.39 is 41.1 Å². The molecule has 3 aliphatic rings. The zero-order valence-corrected chi connectivity index (χ0v) is 18.0. The second kappa shape index (κ2) is 8.22. The molecular weight excluding hydrogens is 388 g/mol. The number of hydrogen-bond donors (Lipinski definition) is 1. The summed E-state index contributed by atoms with van der Waals surface area (Å²) in [6, 6.07) is 3.64. The molecule has 4 unspecified atom stereocenters. The van der Waals surface area contributed by atoms with Gasteiger partial charge in [-0.15, -0.1) is 0 Å². The highest BCUT2D eigenvalue weighted by atomic mass is 16.5. The lowest BCUT2D eigenvalue weighted by atomic mass is 9.61. The van der Waals surface area contributed by atoms with E-state index in [1.165, 1.54) is 13.2 Å². The summed E-state index contributed by atoms with van der Waals surface area (Å²) in [5.41, 5.74) is 1.43. The number of carbonyl (C=O) groups is 3. The second-order valence-corrected chi connectivity index (χ2v) is 8.01. The lowest BCUT2D eigenvalue weighted by Gasteiger charge is -2.43. The van der Waals surface area contributed by atoms with Crippen LogP contribution in [-0.4, -0.2) is 41.6 Å². The van der Waals surface area contributed by atoms with E-state index in [0.717, 1.165) is 16.7 Å². The Morgan fingerprint density at radius 2 is 1.80 bits per heavy atom. The molecule has 7 heteroatoms. The summed E-state index contributed by atoms with van der Waals surface area (Å²) in [6.07, 6.45) is 1.16. The van der Waals surface area contributed by atoms with Gasteiger partial charge in [-0.3, -0.25) is 14.4 Å². The molecule has 2 aliphatic carbocycles. The van der Waals surface area contributed by atoms with Crippen LogP contribution in [0, 0.1) is 25.7 Å². The quantitative estimate of drug-likeness (QED) is 0.590. The van der Waals surface area contributed by atoms with Crippen molar-refractivity contribution in [3.05, 3.63) is 35.1 Å². The number of fused-ring (bicyclic) bond motifs is 1. The predicted octanol–water partition coefficient (Wildman–Crippen LogP) is 3.17. The van der Waals surface area contributed by atoms with Crippen molar-refractivity contribution in [2.24, 2.45) is 11.8 Å². The number of aliphatic hydroxyl groups is 1. The van der Waals surface area contributed by atoms with E-state index in [1.807, 2.05) is 19.9 Å². The van der Waals surface area contributed by atoms with Crippen molar-refractivity contribution in [2.45, 2.75) is 52.6 Å². The van der Waals surface area contributed by atoms with Gasteiger partial charge >= 0.3 is 11.9 Å². The van der Waals surface area contributed by atoms with Crippen LogP contribution >= 0.6 is 0 Å². The van der Waals surface area contributed by atoms with E-state index in [-0.39, 0.29) is 19.6 Å². The Morgan fingerprint density at radius 3 is 2.43 bits per heavy atom. The van der Waals surface area contributed by atoms with Gasteiger partial charge in [-0.1, -0.05) is 0 Å². The molecule has 0 bridgehead atoms. The number of carbonyl (C=O) groups excluding carboxylic acids is 3. The fraction of sp³-hybridized carbons (Fsp3) is 0.522. The van der Waals surface area contributed by atoms with Crippen LogP contribution in [0.5, 0.6) is 0 Å². The maximum Gasteiger partial charge on any atom is 0.317 e. The van der Waals surface area contributed by atoms with Gasteiger partial charge < -0.3 is 19.0 Å². The minimum absolute atomic E-state index is 0.0972. The average molecular weight is 416 g/mol. The standard InChI is InChI=1S/C23H28O7/c1-6-28-21(25)17-15(24)11-23(5,27)19(22(26)29-7-2)18(17)16-13(4)12(3)14-9-8-10-30-20(14)16/h8-10,17-19,27H,6-7,11H2,1-5H3. The number of esters is 2. The smallest absolute Gasteiger partial charge is 0.317 e. The van der Waals surface area contributed by atoms with Crippen LogP contribution in [0.25, 0.3) is 11.3 Å². The Morgan fingerprint density at radius 1 is 1.17 bits per heavy atom. The molecule has 3 rings (SSSR count). The van der Waals surface area contributed by atoms with Crippen molar-refractivity contribution in [1.29, 1.82) is 0 Å². The second-order valence-electron chi connectivity index (χ2n) is 8.01. The minimum Gasteiger partial charge on any atom is -0.466 e. The van der Waals surface area contributed by atoms with Crippen LogP contribution in [0.15, 0.2) is 22.8 Å². The van der Waals surface area contributed by atoms with Crippen molar-refractivity contribution in [2.75, 3.05) is 13.2 Å². The van der Waals surface area contributed by atoms with Crippen LogP contribution in [-0.2, 0) is 23.9 Å². The number of rotatable bonds is 5. The fourth-order valence-corrected chi connectivity index (χ4v) is 4.69. The molecule has 0 aromatic heterocycles. The zero-order valence-electron chi connectivity index (χ0n) is 18.0. The van der Waals surface area contributed by atoms with Crippen LogP contribution in [0.2, 0.25) is 0 Å². The summed E-state index contributed by atoms with van der Waals surface area (Å²) in [5, 5.41) is 11.1. The fourth-order valence-electron chi connectivity index (χ4n) is 4.69. The van der Waals surface area contributed by atoms with Crippen LogP contribution in [0.4, 0.5) is 0 Å². The van der Waals surface area contributed by atoms with Crippen molar-refractivity contribution in [1.82, 2.24) is 0 Å². The molecule has 4 atom stereocenters. The highest BCUT2D eigenvalue weighted by molar-refractivity contribution is 6.03. The number of hydrogen-bond acceptors (Lipinski definition) is 7. The number of ether oxygens (including phenoxy) is 2. The molecule has 1 N–H and O–H groups in total. The molecular formula is C23H28O7. The van der Waals surface area contributed by atoms with E-state index in [9.17, 15) is 19.5 Å². The first-order valence-corrected chi connectivity index (χ1v) is 10.2. The van der Waals surface area contributed by atoms with E-state index in [4.69, 9.17) is 13.9 Å². The van der Waals surface area contributed by atoms with Crippen LogP contribution in [0.3, 0.4) is 0 Å². The van der Waals surface area contributed by atoms with Crippen molar-refractivity contribution in [3.8, 4) is 11.3 Å². The lowest BCUT2D eigenvalue weighted by Crippen LogP contribution is -2.55. The molecule has 1 aliphatic heterocycles. The van der Waals surface area contributed by atoms with Gasteiger partial charge in [0, 0.05) is 23.5 Å². The maximum atomic E-state index is 13.0. The lowest BCUT2D eigenvalue weighted by molar-refractivity contribution is -0.172. The van der Waals surface area contributed by atoms with Crippen LogP contribution in [0.1, 0.15) is 49.8 Å². The SMILES string of the molecule is CCOC(=O)C1C(=O)CC(C)(O)C(C(=O)OCC)C1c1c2occcc-2c(C)c1C. The summed E-state index contributed by atoms with van der Waals surface area (Å²) in [4.78, 5) is 38.9. The van der Waals surface area contributed by atoms with Crippen molar-refractivity contribution in [3.63, 3.8) is 0 Å². The molecule has 30 heavy (non-hydrogen) atoms. The van der Waals surface area contributed by atoms with Crippen molar-refractivity contribution < 1.29 is 33.4 Å². The largest absolute Gasteiger partial charge is 0.466 e. The molecule has 0 radical (unpaired) electrons. The highest BCUT2D eigenvalue weighted by Gasteiger charge is 2.58. The molecule has 7 nitrogen and oxygen atoms in total. The molecule has 1 saturated carbocycles. The van der Waals surface area contributed by atoms with E-state index in [1.54, 1.807) is 19.9 Å². The Bertz CT molecular complexity index is 939. The minimum atomic E-state index is -1.68. The van der Waals surface area contributed by atoms with Gasteiger partial charge in [-0.2, -0.15) is 0 Å². The first kappa shape index (κ1) is 22.0. The summed E-state index contributed by atoms with van der Waals surface area (Å²) in [7, 11) is 0. The molecule has 0 amide bonds. The first-order chi connectivity index (χ1) is 14.2. The molecule has 0 aromatic rings. The average Bonchev–Trinajstić information content (AvgIpc) is 2.91. The number of Topliss-reactive ketones (excluding diaryl/α,β-unsaturated/α-hetero) is 1. The third-order valence-corrected chi connectivity index (χ3v) is 6.07.